The van der Waals surface area contributed by atoms with Gasteiger partial charge in [0, 0.05) is 30.4 Å². The molecule has 1 fully saturated rings. The average molecular weight is 444 g/mol. The van der Waals surface area contributed by atoms with Crippen LogP contribution < -0.4 is 0 Å². The van der Waals surface area contributed by atoms with Crippen LogP contribution in [-0.4, -0.2) is 43.2 Å². The van der Waals surface area contributed by atoms with Crippen LogP contribution in [0.3, 0.4) is 0 Å². The molecule has 0 spiro atoms. The van der Waals surface area contributed by atoms with Crippen molar-refractivity contribution in [1.82, 2.24) is 9.21 Å². The molecule has 1 atom stereocenters. The number of fused-ring (bicyclic) bond motifs is 1. The number of piperidine rings is 1. The fraction of sp³-hybridized carbons (Fsp3) is 0.455. The summed E-state index contributed by atoms with van der Waals surface area (Å²) in [5.41, 5.74) is 1.43. The molecule has 8 heteroatoms. The highest BCUT2D eigenvalue weighted by Crippen LogP contribution is 2.37. The molecule has 1 aromatic heterocycles. The molecule has 6 nitrogen and oxygen atoms in total. The Morgan fingerprint density at radius 1 is 1.20 bits per heavy atom. The molecular formula is C22H25N3O3S2. The molecule has 0 aliphatic carbocycles. The van der Waals surface area contributed by atoms with Crippen LogP contribution in [0.2, 0.25) is 0 Å². The van der Waals surface area contributed by atoms with Crippen molar-refractivity contribution < 1.29 is 13.2 Å². The van der Waals surface area contributed by atoms with Gasteiger partial charge in [-0.1, -0.05) is 19.1 Å². The number of thiophene rings is 1. The lowest BCUT2D eigenvalue weighted by Gasteiger charge is -2.39. The minimum atomic E-state index is -3.74. The highest BCUT2D eigenvalue weighted by molar-refractivity contribution is 7.89. The van der Waals surface area contributed by atoms with E-state index in [1.807, 2.05) is 11.0 Å². The minimum Gasteiger partial charge on any atom is -0.335 e. The van der Waals surface area contributed by atoms with Gasteiger partial charge in [-0.15, -0.1) is 11.3 Å². The summed E-state index contributed by atoms with van der Waals surface area (Å²) in [5.74, 6) is -0.00920. The molecule has 158 valence electrons. The molecule has 0 bridgehead atoms. The summed E-state index contributed by atoms with van der Waals surface area (Å²) in [6.07, 6.45) is 2.80. The Morgan fingerprint density at radius 3 is 2.63 bits per heavy atom. The molecule has 1 amide bonds. The molecule has 1 saturated heterocycles. The van der Waals surface area contributed by atoms with Gasteiger partial charge in [0.2, 0.25) is 15.9 Å². The van der Waals surface area contributed by atoms with Gasteiger partial charge in [-0.25, -0.2) is 8.42 Å². The van der Waals surface area contributed by atoms with Gasteiger partial charge < -0.3 is 4.90 Å². The van der Waals surface area contributed by atoms with Gasteiger partial charge in [-0.2, -0.15) is 9.57 Å². The van der Waals surface area contributed by atoms with E-state index in [9.17, 15) is 18.5 Å². The van der Waals surface area contributed by atoms with Crippen LogP contribution in [-0.2, 0) is 21.2 Å². The molecule has 0 saturated carbocycles. The summed E-state index contributed by atoms with van der Waals surface area (Å²) in [6.45, 7) is 3.44. The van der Waals surface area contributed by atoms with Crippen molar-refractivity contribution in [2.45, 2.75) is 43.5 Å². The van der Waals surface area contributed by atoms with E-state index in [0.717, 1.165) is 19.4 Å². The molecule has 2 aliphatic rings. The highest BCUT2D eigenvalue weighted by Gasteiger charge is 2.38. The SMILES string of the molecule is CC[C@@H]1c2ccsc2CCN1C(=O)C1CCN(S(=O)(=O)c2ccccc2C#N)CC1. The zero-order valence-corrected chi connectivity index (χ0v) is 18.6. The quantitative estimate of drug-likeness (QED) is 0.724. The Bertz CT molecular complexity index is 1080. The van der Waals surface area contributed by atoms with Crippen molar-refractivity contribution in [2.24, 2.45) is 5.92 Å². The predicted molar refractivity (Wildman–Crippen MR) is 115 cm³/mol. The van der Waals surface area contributed by atoms with E-state index >= 15 is 0 Å². The predicted octanol–water partition coefficient (Wildman–Crippen LogP) is 3.56. The maximum Gasteiger partial charge on any atom is 0.244 e. The normalized spacial score (nSPS) is 20.5. The summed E-state index contributed by atoms with van der Waals surface area (Å²) in [7, 11) is -3.74. The van der Waals surface area contributed by atoms with E-state index in [0.29, 0.717) is 25.9 Å². The van der Waals surface area contributed by atoms with Crippen molar-refractivity contribution in [3.63, 3.8) is 0 Å². The van der Waals surface area contributed by atoms with E-state index in [2.05, 4.69) is 18.4 Å². The van der Waals surface area contributed by atoms with Gasteiger partial charge in [0.25, 0.3) is 0 Å². The zero-order valence-electron chi connectivity index (χ0n) is 17.0. The first-order valence-corrected chi connectivity index (χ1v) is 12.6. The summed E-state index contributed by atoms with van der Waals surface area (Å²) >= 11 is 1.76. The Hall–Kier alpha value is -2.21. The number of nitriles is 1. The molecule has 30 heavy (non-hydrogen) atoms. The Labute approximate surface area is 181 Å². The second kappa shape index (κ2) is 8.50. The fourth-order valence-electron chi connectivity index (χ4n) is 4.60. The van der Waals surface area contributed by atoms with Gasteiger partial charge in [0.1, 0.15) is 6.07 Å². The van der Waals surface area contributed by atoms with E-state index in [4.69, 9.17) is 0 Å². The third-order valence-corrected chi connectivity index (χ3v) is 9.15. The van der Waals surface area contributed by atoms with Crippen LogP contribution in [0.1, 0.15) is 48.2 Å². The number of benzene rings is 1. The summed E-state index contributed by atoms with van der Waals surface area (Å²) in [6, 6.07) is 10.5. The van der Waals surface area contributed by atoms with Gasteiger partial charge in [-0.3, -0.25) is 4.79 Å². The largest absolute Gasteiger partial charge is 0.335 e. The fourth-order valence-corrected chi connectivity index (χ4v) is 7.14. The maximum atomic E-state index is 13.3. The lowest BCUT2D eigenvalue weighted by atomic mass is 9.92. The van der Waals surface area contributed by atoms with Crippen LogP contribution in [0.4, 0.5) is 0 Å². The monoisotopic (exact) mass is 443 g/mol. The van der Waals surface area contributed by atoms with Crippen LogP contribution >= 0.6 is 11.3 Å². The molecule has 3 heterocycles. The van der Waals surface area contributed by atoms with Crippen LogP contribution in [0.25, 0.3) is 0 Å². The Kier molecular flexibility index (Phi) is 5.96. The number of nitrogens with zero attached hydrogens (tertiary/aromatic N) is 3. The standard InChI is InChI=1S/C22H25N3O3S2/c1-2-19-18-10-14-29-20(18)9-13-25(19)22(26)16-7-11-24(12-8-16)30(27,28)21-6-4-3-5-17(21)15-23/h3-6,10,14,16,19H,2,7-9,11-13H2,1H3/t19-/m1/s1. The van der Waals surface area contributed by atoms with Crippen molar-refractivity contribution in [3.8, 4) is 6.07 Å². The van der Waals surface area contributed by atoms with Crippen molar-refractivity contribution in [1.29, 1.82) is 5.26 Å². The molecular weight excluding hydrogens is 418 g/mol. The number of carbonyl (C=O) groups is 1. The van der Waals surface area contributed by atoms with Gasteiger partial charge in [-0.05, 0) is 54.8 Å². The first kappa shape index (κ1) is 21.0. The second-order valence-electron chi connectivity index (χ2n) is 7.79. The average Bonchev–Trinajstić information content (AvgIpc) is 3.27. The van der Waals surface area contributed by atoms with E-state index in [-0.39, 0.29) is 28.3 Å². The van der Waals surface area contributed by atoms with E-state index in [1.54, 1.807) is 23.5 Å². The second-order valence-corrected chi connectivity index (χ2v) is 10.7. The molecule has 0 radical (unpaired) electrons. The third kappa shape index (κ3) is 3.66. The number of hydrogen-bond acceptors (Lipinski definition) is 5. The number of rotatable bonds is 4. The van der Waals surface area contributed by atoms with E-state index < -0.39 is 10.0 Å². The Morgan fingerprint density at radius 2 is 1.93 bits per heavy atom. The van der Waals surface area contributed by atoms with Gasteiger partial charge in [0.15, 0.2) is 0 Å². The number of amides is 1. The maximum absolute atomic E-state index is 13.3. The number of hydrogen-bond donors (Lipinski definition) is 0. The first-order chi connectivity index (χ1) is 14.5. The summed E-state index contributed by atoms with van der Waals surface area (Å²) in [5, 5.41) is 11.4. The third-order valence-electron chi connectivity index (χ3n) is 6.19. The lowest BCUT2D eigenvalue weighted by molar-refractivity contribution is -0.139. The molecule has 2 aromatic rings. The minimum absolute atomic E-state index is 0.0457. The van der Waals surface area contributed by atoms with Crippen molar-refractivity contribution in [3.05, 3.63) is 51.7 Å². The Balaban J connectivity index is 1.46. The first-order valence-electron chi connectivity index (χ1n) is 10.3. The molecule has 0 N–H and O–H groups in total. The topological polar surface area (TPSA) is 81.5 Å². The van der Waals surface area contributed by atoms with Crippen LogP contribution in [0.15, 0.2) is 40.6 Å². The molecule has 4 rings (SSSR count). The highest BCUT2D eigenvalue weighted by atomic mass is 32.2. The number of sulfonamides is 1. The van der Waals surface area contributed by atoms with Crippen LogP contribution in [0, 0.1) is 17.2 Å². The summed E-state index contributed by atoms with van der Waals surface area (Å²) in [4.78, 5) is 16.7. The van der Waals surface area contributed by atoms with E-state index in [1.165, 1.54) is 26.9 Å². The summed E-state index contributed by atoms with van der Waals surface area (Å²) < 4.78 is 27.5. The lowest BCUT2D eigenvalue weighted by Crippen LogP contribution is -2.47. The zero-order chi connectivity index (χ0) is 21.3. The van der Waals surface area contributed by atoms with Crippen LogP contribution in [0.5, 0.6) is 0 Å². The smallest absolute Gasteiger partial charge is 0.244 e. The van der Waals surface area contributed by atoms with Crippen molar-refractivity contribution in [2.75, 3.05) is 19.6 Å². The molecule has 1 aromatic carbocycles. The van der Waals surface area contributed by atoms with Gasteiger partial charge >= 0.3 is 0 Å². The number of carbonyl (C=O) groups excluding carboxylic acids is 1. The molecule has 0 unspecified atom stereocenters. The molecule has 2 aliphatic heterocycles. The van der Waals surface area contributed by atoms with Crippen molar-refractivity contribution >= 4 is 27.3 Å². The van der Waals surface area contributed by atoms with Gasteiger partial charge in [0.05, 0.1) is 16.5 Å².